The van der Waals surface area contributed by atoms with Crippen molar-refractivity contribution in [2.45, 2.75) is 12.6 Å². The molecule has 1 saturated heterocycles. The molecule has 0 saturated carbocycles. The fourth-order valence-corrected chi connectivity index (χ4v) is 3.44. The number of aromatic nitrogens is 3. The molecule has 4 rings (SSSR count). The van der Waals surface area contributed by atoms with E-state index in [9.17, 15) is 0 Å². The van der Waals surface area contributed by atoms with Gasteiger partial charge in [0.25, 0.3) is 0 Å². The quantitative estimate of drug-likeness (QED) is 0.721. The lowest BCUT2D eigenvalue weighted by molar-refractivity contribution is 0.0160. The topological polar surface area (TPSA) is 66.1 Å². The van der Waals surface area contributed by atoms with Crippen molar-refractivity contribution < 1.29 is 4.74 Å². The van der Waals surface area contributed by atoms with Crippen LogP contribution in [0.1, 0.15) is 17.2 Å². The van der Waals surface area contributed by atoms with Crippen molar-refractivity contribution in [2.75, 3.05) is 32.8 Å². The van der Waals surface area contributed by atoms with Crippen LogP contribution in [0.5, 0.6) is 0 Å². The number of H-pyrrole nitrogens is 1. The van der Waals surface area contributed by atoms with E-state index in [1.54, 1.807) is 0 Å². The summed E-state index contributed by atoms with van der Waals surface area (Å²) >= 11 is 0. The van der Waals surface area contributed by atoms with Gasteiger partial charge in [0.1, 0.15) is 0 Å². The molecule has 130 valence electrons. The average Bonchev–Trinajstić information content (AvgIpc) is 3.16. The van der Waals surface area contributed by atoms with E-state index in [0.29, 0.717) is 6.04 Å². The van der Waals surface area contributed by atoms with E-state index >= 15 is 0 Å². The van der Waals surface area contributed by atoms with Crippen molar-refractivity contribution >= 4 is 10.9 Å². The van der Waals surface area contributed by atoms with Gasteiger partial charge in [-0.15, -0.1) is 0 Å². The van der Waals surface area contributed by atoms with E-state index in [1.165, 1.54) is 11.1 Å². The highest BCUT2D eigenvalue weighted by Gasteiger charge is 2.22. The molecular weight excluding hydrogens is 314 g/mol. The number of hydrogen-bond acceptors (Lipinski definition) is 5. The van der Waals surface area contributed by atoms with E-state index in [0.717, 1.165) is 50.3 Å². The van der Waals surface area contributed by atoms with Crippen molar-refractivity contribution in [1.82, 2.24) is 25.4 Å². The molecule has 0 bridgehead atoms. The third-order valence-electron chi connectivity index (χ3n) is 4.77. The zero-order valence-corrected chi connectivity index (χ0v) is 14.2. The summed E-state index contributed by atoms with van der Waals surface area (Å²) in [4.78, 5) is 6.78. The van der Waals surface area contributed by atoms with Crippen LogP contribution in [0.15, 0.2) is 48.9 Å². The van der Waals surface area contributed by atoms with Gasteiger partial charge in [-0.25, -0.2) is 0 Å². The Morgan fingerprint density at radius 3 is 2.92 bits per heavy atom. The Morgan fingerprint density at radius 1 is 1.16 bits per heavy atom. The molecule has 0 spiro atoms. The van der Waals surface area contributed by atoms with Crippen LogP contribution in [-0.4, -0.2) is 52.9 Å². The number of morpholine rings is 1. The summed E-state index contributed by atoms with van der Waals surface area (Å²) in [6, 6.07) is 10.8. The van der Waals surface area contributed by atoms with Gasteiger partial charge < -0.3 is 10.1 Å². The van der Waals surface area contributed by atoms with Gasteiger partial charge in [0.2, 0.25) is 0 Å². The second-order valence-corrected chi connectivity index (χ2v) is 6.33. The van der Waals surface area contributed by atoms with Crippen LogP contribution in [0.3, 0.4) is 0 Å². The number of fused-ring (bicyclic) bond motifs is 1. The number of nitrogens with zero attached hydrogens (tertiary/aromatic N) is 3. The molecule has 6 nitrogen and oxygen atoms in total. The highest BCUT2D eigenvalue weighted by atomic mass is 16.5. The summed E-state index contributed by atoms with van der Waals surface area (Å²) < 4.78 is 5.51. The largest absolute Gasteiger partial charge is 0.379 e. The molecule has 1 fully saturated rings. The monoisotopic (exact) mass is 337 g/mol. The molecule has 1 aliphatic rings. The number of ether oxygens (including phenoxy) is 1. The Hall–Kier alpha value is -2.28. The predicted molar refractivity (Wildman–Crippen MR) is 97.2 cm³/mol. The molecule has 3 heterocycles. The molecule has 1 aliphatic heterocycles. The average molecular weight is 337 g/mol. The molecule has 0 radical (unpaired) electrons. The minimum atomic E-state index is 0.304. The summed E-state index contributed by atoms with van der Waals surface area (Å²) in [6.45, 7) is 5.18. The summed E-state index contributed by atoms with van der Waals surface area (Å²) in [6.07, 6.45) is 5.66. The summed E-state index contributed by atoms with van der Waals surface area (Å²) in [7, 11) is 0. The maximum absolute atomic E-state index is 5.51. The highest BCUT2D eigenvalue weighted by Crippen LogP contribution is 2.21. The smallest absolute Gasteiger partial charge is 0.0695 e. The summed E-state index contributed by atoms with van der Waals surface area (Å²) in [5, 5.41) is 12.0. The first kappa shape index (κ1) is 16.2. The SMILES string of the molecule is c1cncc(C(CNCc2cccc3cn[nH]c23)N2CCOCC2)c1. The van der Waals surface area contributed by atoms with Gasteiger partial charge in [0, 0.05) is 50.0 Å². The van der Waals surface area contributed by atoms with E-state index in [2.05, 4.69) is 49.7 Å². The zero-order valence-electron chi connectivity index (χ0n) is 14.2. The minimum Gasteiger partial charge on any atom is -0.379 e. The molecule has 6 heteroatoms. The molecule has 3 aromatic rings. The van der Waals surface area contributed by atoms with Gasteiger partial charge in [0.05, 0.1) is 24.9 Å². The van der Waals surface area contributed by atoms with Crippen LogP contribution >= 0.6 is 0 Å². The number of rotatable bonds is 6. The molecule has 25 heavy (non-hydrogen) atoms. The maximum atomic E-state index is 5.51. The Kier molecular flexibility index (Phi) is 5.01. The molecule has 2 N–H and O–H groups in total. The number of benzene rings is 1. The Labute approximate surface area is 147 Å². The van der Waals surface area contributed by atoms with Gasteiger partial charge >= 0.3 is 0 Å². The lowest BCUT2D eigenvalue weighted by atomic mass is 10.1. The Bertz CT molecular complexity index is 798. The minimum absolute atomic E-state index is 0.304. The number of pyridine rings is 1. The first-order chi connectivity index (χ1) is 12.4. The fraction of sp³-hybridized carbons (Fsp3) is 0.368. The maximum Gasteiger partial charge on any atom is 0.0695 e. The molecular formula is C19H23N5O. The second-order valence-electron chi connectivity index (χ2n) is 6.33. The van der Waals surface area contributed by atoms with Gasteiger partial charge in [-0.3, -0.25) is 15.0 Å². The van der Waals surface area contributed by atoms with Crippen LogP contribution in [0, 0.1) is 0 Å². The number of hydrogen-bond donors (Lipinski definition) is 2. The fourth-order valence-electron chi connectivity index (χ4n) is 3.44. The molecule has 2 aromatic heterocycles. The second kappa shape index (κ2) is 7.74. The number of para-hydroxylation sites is 1. The number of nitrogens with one attached hydrogen (secondary N) is 2. The predicted octanol–water partition coefficient (Wildman–Crippen LogP) is 2.12. The van der Waals surface area contributed by atoms with Gasteiger partial charge in [0.15, 0.2) is 0 Å². The molecule has 0 aliphatic carbocycles. The van der Waals surface area contributed by atoms with Gasteiger partial charge in [-0.2, -0.15) is 5.10 Å². The van der Waals surface area contributed by atoms with Crippen LogP contribution in [0.2, 0.25) is 0 Å². The molecule has 1 aromatic carbocycles. The Balaban J connectivity index is 1.46. The summed E-state index contributed by atoms with van der Waals surface area (Å²) in [5.41, 5.74) is 3.60. The van der Waals surface area contributed by atoms with Crippen LogP contribution in [-0.2, 0) is 11.3 Å². The van der Waals surface area contributed by atoms with Crippen molar-refractivity contribution in [2.24, 2.45) is 0 Å². The van der Waals surface area contributed by atoms with Crippen molar-refractivity contribution in [3.63, 3.8) is 0 Å². The van der Waals surface area contributed by atoms with E-state index < -0.39 is 0 Å². The standard InChI is InChI=1S/C19H23N5O/c1-3-16(19-17(4-1)13-22-23-19)12-21-14-18(15-5-2-6-20-11-15)24-7-9-25-10-8-24/h1-6,11,13,18,21H,7-10,12,14H2,(H,22,23). The normalized spacial score (nSPS) is 17.0. The first-order valence-electron chi connectivity index (χ1n) is 8.75. The molecule has 1 atom stereocenters. The molecule has 0 amide bonds. The summed E-state index contributed by atoms with van der Waals surface area (Å²) in [5.74, 6) is 0. The Morgan fingerprint density at radius 2 is 2.08 bits per heavy atom. The van der Waals surface area contributed by atoms with Crippen molar-refractivity contribution in [3.05, 3.63) is 60.0 Å². The highest BCUT2D eigenvalue weighted by molar-refractivity contribution is 5.81. The molecule has 1 unspecified atom stereocenters. The van der Waals surface area contributed by atoms with Crippen LogP contribution in [0.25, 0.3) is 10.9 Å². The van der Waals surface area contributed by atoms with E-state index in [-0.39, 0.29) is 0 Å². The first-order valence-corrected chi connectivity index (χ1v) is 8.75. The third-order valence-corrected chi connectivity index (χ3v) is 4.77. The van der Waals surface area contributed by atoms with E-state index in [1.807, 2.05) is 24.7 Å². The van der Waals surface area contributed by atoms with Crippen LogP contribution < -0.4 is 5.32 Å². The van der Waals surface area contributed by atoms with Crippen molar-refractivity contribution in [1.29, 1.82) is 0 Å². The van der Waals surface area contributed by atoms with Gasteiger partial charge in [-0.05, 0) is 17.2 Å². The lowest BCUT2D eigenvalue weighted by Gasteiger charge is -2.34. The lowest BCUT2D eigenvalue weighted by Crippen LogP contribution is -2.42. The van der Waals surface area contributed by atoms with Crippen LogP contribution in [0.4, 0.5) is 0 Å². The van der Waals surface area contributed by atoms with Gasteiger partial charge in [-0.1, -0.05) is 24.3 Å². The van der Waals surface area contributed by atoms with E-state index in [4.69, 9.17) is 4.74 Å². The zero-order chi connectivity index (χ0) is 16.9. The van der Waals surface area contributed by atoms with Crippen molar-refractivity contribution in [3.8, 4) is 0 Å². The number of aromatic amines is 1. The third kappa shape index (κ3) is 3.71.